The average Bonchev–Trinajstić information content (AvgIpc) is 2.42. The van der Waals surface area contributed by atoms with Crippen LogP contribution < -0.4 is 11.1 Å². The number of ketones is 1. The Labute approximate surface area is 108 Å². The monoisotopic (exact) mass is 248 g/mol. The van der Waals surface area contributed by atoms with Crippen LogP contribution in [0.4, 0.5) is 0 Å². The molecular weight excluding hydrogens is 228 g/mol. The number of rotatable bonds is 8. The summed E-state index contributed by atoms with van der Waals surface area (Å²) in [5.74, 6) is -0.0657. The molecule has 1 rings (SSSR count). The lowest BCUT2D eigenvalue weighted by atomic mass is 10.1. The Morgan fingerprint density at radius 3 is 2.44 bits per heavy atom. The highest BCUT2D eigenvalue weighted by Crippen LogP contribution is 2.04. The van der Waals surface area contributed by atoms with Crippen molar-refractivity contribution in [2.45, 2.75) is 25.7 Å². The van der Waals surface area contributed by atoms with Gasteiger partial charge in [0.25, 0.3) is 0 Å². The third-order valence-corrected chi connectivity index (χ3v) is 2.63. The van der Waals surface area contributed by atoms with Crippen molar-refractivity contribution >= 4 is 11.7 Å². The van der Waals surface area contributed by atoms with Crippen molar-refractivity contribution in [1.82, 2.24) is 5.32 Å². The lowest BCUT2D eigenvalue weighted by Gasteiger charge is -2.04. The van der Waals surface area contributed by atoms with E-state index in [-0.39, 0.29) is 24.5 Å². The van der Waals surface area contributed by atoms with Crippen molar-refractivity contribution in [2.75, 3.05) is 13.1 Å². The zero-order valence-electron chi connectivity index (χ0n) is 10.5. The van der Waals surface area contributed by atoms with Gasteiger partial charge >= 0.3 is 0 Å². The predicted octanol–water partition coefficient (Wildman–Crippen LogP) is 1.50. The van der Waals surface area contributed by atoms with Gasteiger partial charge in [-0.25, -0.2) is 0 Å². The number of unbranched alkanes of at least 4 members (excludes halogenated alkanes) is 1. The minimum atomic E-state index is -0.0729. The van der Waals surface area contributed by atoms with Crippen molar-refractivity contribution in [2.24, 2.45) is 5.73 Å². The fourth-order valence-corrected chi connectivity index (χ4v) is 1.58. The first kappa shape index (κ1) is 14.4. The van der Waals surface area contributed by atoms with Gasteiger partial charge in [-0.3, -0.25) is 9.59 Å². The van der Waals surface area contributed by atoms with Gasteiger partial charge in [-0.05, 0) is 19.4 Å². The number of carbonyl (C=O) groups excluding carboxylic acids is 2. The number of amides is 1. The Morgan fingerprint density at radius 2 is 1.78 bits per heavy atom. The van der Waals surface area contributed by atoms with Gasteiger partial charge in [0.05, 0.1) is 0 Å². The quantitative estimate of drug-likeness (QED) is 0.541. The molecular formula is C14H20N2O2. The molecule has 1 amide bonds. The largest absolute Gasteiger partial charge is 0.356 e. The molecule has 0 saturated heterocycles. The molecule has 0 aliphatic rings. The second kappa shape index (κ2) is 8.42. The Balaban J connectivity index is 2.20. The highest BCUT2D eigenvalue weighted by Gasteiger charge is 2.08. The van der Waals surface area contributed by atoms with E-state index in [0.29, 0.717) is 18.7 Å². The molecule has 0 heterocycles. The summed E-state index contributed by atoms with van der Waals surface area (Å²) in [4.78, 5) is 23.2. The van der Waals surface area contributed by atoms with Crippen molar-refractivity contribution in [1.29, 1.82) is 0 Å². The van der Waals surface area contributed by atoms with Crippen molar-refractivity contribution in [3.8, 4) is 0 Å². The maximum atomic E-state index is 11.7. The van der Waals surface area contributed by atoms with Gasteiger partial charge in [-0.1, -0.05) is 30.3 Å². The first-order valence-corrected chi connectivity index (χ1v) is 6.29. The highest BCUT2D eigenvalue weighted by molar-refractivity contribution is 5.97. The van der Waals surface area contributed by atoms with Gasteiger partial charge in [-0.15, -0.1) is 0 Å². The number of Topliss-reactive ketones (excluding diaryl/α,β-unsaturated/α-hetero) is 1. The maximum Gasteiger partial charge on any atom is 0.220 e. The van der Waals surface area contributed by atoms with Crippen LogP contribution in [-0.2, 0) is 4.79 Å². The van der Waals surface area contributed by atoms with Gasteiger partial charge in [0.2, 0.25) is 5.91 Å². The number of nitrogens with one attached hydrogen (secondary N) is 1. The molecule has 3 N–H and O–H groups in total. The number of hydrogen-bond acceptors (Lipinski definition) is 3. The van der Waals surface area contributed by atoms with Crippen molar-refractivity contribution in [3.05, 3.63) is 35.9 Å². The van der Waals surface area contributed by atoms with Crippen LogP contribution in [0.5, 0.6) is 0 Å². The van der Waals surface area contributed by atoms with E-state index < -0.39 is 0 Å². The number of carbonyl (C=O) groups is 2. The standard InChI is InChI=1S/C14H20N2O2/c15-10-4-5-11-16-14(18)9-8-13(17)12-6-2-1-3-7-12/h1-3,6-7H,4-5,8-11,15H2,(H,16,18). The van der Waals surface area contributed by atoms with E-state index >= 15 is 0 Å². The fraction of sp³-hybridized carbons (Fsp3) is 0.429. The number of hydrogen-bond donors (Lipinski definition) is 2. The topological polar surface area (TPSA) is 72.2 Å². The Morgan fingerprint density at radius 1 is 1.06 bits per heavy atom. The summed E-state index contributed by atoms with van der Waals surface area (Å²) in [5, 5.41) is 2.78. The van der Waals surface area contributed by atoms with E-state index in [1.165, 1.54) is 0 Å². The number of nitrogens with two attached hydrogens (primary N) is 1. The van der Waals surface area contributed by atoms with Crippen LogP contribution in [0.15, 0.2) is 30.3 Å². The molecule has 4 heteroatoms. The molecule has 0 atom stereocenters. The van der Waals surface area contributed by atoms with Crippen LogP contribution in [-0.4, -0.2) is 24.8 Å². The van der Waals surface area contributed by atoms with Gasteiger partial charge in [0, 0.05) is 24.9 Å². The second-order valence-electron chi connectivity index (χ2n) is 4.13. The molecule has 18 heavy (non-hydrogen) atoms. The normalized spacial score (nSPS) is 10.1. The zero-order valence-corrected chi connectivity index (χ0v) is 10.5. The minimum absolute atomic E-state index is 0.00714. The molecule has 0 fully saturated rings. The minimum Gasteiger partial charge on any atom is -0.356 e. The lowest BCUT2D eigenvalue weighted by Crippen LogP contribution is -2.25. The average molecular weight is 248 g/mol. The van der Waals surface area contributed by atoms with Crippen LogP contribution >= 0.6 is 0 Å². The summed E-state index contributed by atoms with van der Waals surface area (Å²) in [6, 6.07) is 9.03. The molecule has 0 unspecified atom stereocenters. The molecule has 0 aliphatic heterocycles. The van der Waals surface area contributed by atoms with E-state index in [4.69, 9.17) is 5.73 Å². The van der Waals surface area contributed by atoms with Gasteiger partial charge < -0.3 is 11.1 Å². The first-order valence-electron chi connectivity index (χ1n) is 6.29. The van der Waals surface area contributed by atoms with E-state index in [1.807, 2.05) is 18.2 Å². The van der Waals surface area contributed by atoms with Crippen molar-refractivity contribution in [3.63, 3.8) is 0 Å². The molecule has 1 aromatic carbocycles. The third kappa shape index (κ3) is 5.59. The van der Waals surface area contributed by atoms with Crippen LogP contribution in [0.3, 0.4) is 0 Å². The SMILES string of the molecule is NCCCCNC(=O)CCC(=O)c1ccccc1. The van der Waals surface area contributed by atoms with Crippen molar-refractivity contribution < 1.29 is 9.59 Å². The van der Waals surface area contributed by atoms with E-state index in [2.05, 4.69) is 5.32 Å². The van der Waals surface area contributed by atoms with Crippen LogP contribution in [0, 0.1) is 0 Å². The highest BCUT2D eigenvalue weighted by atomic mass is 16.2. The molecule has 0 radical (unpaired) electrons. The lowest BCUT2D eigenvalue weighted by molar-refractivity contribution is -0.121. The van der Waals surface area contributed by atoms with Gasteiger partial charge in [0.15, 0.2) is 5.78 Å². The second-order valence-corrected chi connectivity index (χ2v) is 4.13. The first-order chi connectivity index (χ1) is 8.74. The van der Waals surface area contributed by atoms with Gasteiger partial charge in [-0.2, -0.15) is 0 Å². The molecule has 0 bridgehead atoms. The van der Waals surface area contributed by atoms with E-state index in [1.54, 1.807) is 12.1 Å². The van der Waals surface area contributed by atoms with Crippen LogP contribution in [0.25, 0.3) is 0 Å². The van der Waals surface area contributed by atoms with Gasteiger partial charge in [0.1, 0.15) is 0 Å². The summed E-state index contributed by atoms with van der Waals surface area (Å²) in [7, 11) is 0. The van der Waals surface area contributed by atoms with E-state index in [9.17, 15) is 9.59 Å². The molecule has 1 aromatic rings. The summed E-state index contributed by atoms with van der Waals surface area (Å²) in [6.45, 7) is 1.28. The molecule has 4 nitrogen and oxygen atoms in total. The summed E-state index contributed by atoms with van der Waals surface area (Å²) in [6.07, 6.45) is 2.29. The molecule has 0 saturated carbocycles. The predicted molar refractivity (Wildman–Crippen MR) is 71.3 cm³/mol. The maximum absolute atomic E-state index is 11.7. The molecule has 0 aliphatic carbocycles. The molecule has 0 aromatic heterocycles. The third-order valence-electron chi connectivity index (χ3n) is 2.63. The smallest absolute Gasteiger partial charge is 0.220 e. The zero-order chi connectivity index (χ0) is 13.2. The fourth-order valence-electron chi connectivity index (χ4n) is 1.58. The summed E-state index contributed by atoms with van der Waals surface area (Å²) in [5.41, 5.74) is 6.01. The Hall–Kier alpha value is -1.68. The summed E-state index contributed by atoms with van der Waals surface area (Å²) >= 11 is 0. The van der Waals surface area contributed by atoms with Crippen LogP contribution in [0.1, 0.15) is 36.0 Å². The summed E-state index contributed by atoms with van der Waals surface area (Å²) < 4.78 is 0. The Bertz CT molecular complexity index is 377. The molecule has 0 spiro atoms. The number of benzene rings is 1. The van der Waals surface area contributed by atoms with E-state index in [0.717, 1.165) is 12.8 Å². The Kier molecular flexibility index (Phi) is 6.72. The van der Waals surface area contributed by atoms with Crippen LogP contribution in [0.2, 0.25) is 0 Å². The molecule has 98 valence electrons.